The van der Waals surface area contributed by atoms with Crippen LogP contribution in [0.2, 0.25) is 0 Å². The van der Waals surface area contributed by atoms with Crippen molar-refractivity contribution >= 4 is 22.7 Å². The summed E-state index contributed by atoms with van der Waals surface area (Å²) in [6.45, 7) is 3.80. The van der Waals surface area contributed by atoms with Crippen LogP contribution in [0.1, 0.15) is 20.3 Å². The molecule has 1 aromatic rings. The van der Waals surface area contributed by atoms with Crippen LogP contribution in [0.15, 0.2) is 46.2 Å². The van der Waals surface area contributed by atoms with E-state index < -0.39 is 40.7 Å². The van der Waals surface area contributed by atoms with Gasteiger partial charge in [0.2, 0.25) is 0 Å². The van der Waals surface area contributed by atoms with Crippen LogP contribution in [0.25, 0.3) is 0 Å². The molecule has 0 aliphatic heterocycles. The summed E-state index contributed by atoms with van der Waals surface area (Å²) in [5, 5.41) is 0. The molecule has 0 fully saturated rings. The first kappa shape index (κ1) is 20.3. The van der Waals surface area contributed by atoms with Gasteiger partial charge in [0.05, 0.1) is 36.0 Å². The van der Waals surface area contributed by atoms with Gasteiger partial charge in [-0.05, 0) is 38.5 Å². The van der Waals surface area contributed by atoms with E-state index in [1.165, 1.54) is 7.11 Å². The number of benzene rings is 1. The molecule has 1 aliphatic carbocycles. The zero-order valence-corrected chi connectivity index (χ0v) is 16.0. The fourth-order valence-corrected chi connectivity index (χ4v) is 4.29. The van der Waals surface area contributed by atoms with Gasteiger partial charge in [0.1, 0.15) is 5.92 Å². The maximum atomic E-state index is 12.9. The second kappa shape index (κ2) is 9.64. The van der Waals surface area contributed by atoms with Crippen LogP contribution in [-0.2, 0) is 34.6 Å². The molecule has 0 spiro atoms. The average Bonchev–Trinajstić information content (AvgIpc) is 2.67. The molecule has 0 bridgehead atoms. The summed E-state index contributed by atoms with van der Waals surface area (Å²) in [6.07, 6.45) is 1.12. The lowest BCUT2D eigenvalue weighted by Crippen LogP contribution is -2.43. The Morgan fingerprint density at radius 1 is 1.08 bits per heavy atom. The molecule has 0 heterocycles. The Bertz CT molecular complexity index is 685. The van der Waals surface area contributed by atoms with Crippen molar-refractivity contribution < 1.29 is 28.0 Å². The molecule has 0 amide bonds. The second-order valence-electron chi connectivity index (χ2n) is 5.76. The van der Waals surface area contributed by atoms with Crippen LogP contribution >= 0.6 is 0 Å². The van der Waals surface area contributed by atoms with Crippen LogP contribution in [0, 0.1) is 11.8 Å². The van der Waals surface area contributed by atoms with Crippen molar-refractivity contribution in [1.82, 2.24) is 0 Å². The minimum Gasteiger partial charge on any atom is -0.466 e. The van der Waals surface area contributed by atoms with Crippen LogP contribution in [0.3, 0.4) is 0 Å². The Hall–Kier alpha value is -1.99. The predicted molar refractivity (Wildman–Crippen MR) is 96.6 cm³/mol. The number of hydrogen-bond acceptors (Lipinski definition) is 6. The SMILES string of the molecule is CCOC(=O)[C@@H]1[C@@H](C(=O)OCC)CC(S(=O)c2ccccc2)=C[C@H]1OC. The van der Waals surface area contributed by atoms with Gasteiger partial charge < -0.3 is 14.2 Å². The summed E-state index contributed by atoms with van der Waals surface area (Å²) >= 11 is 0. The first-order valence-electron chi connectivity index (χ1n) is 8.57. The van der Waals surface area contributed by atoms with Crippen molar-refractivity contribution in [3.05, 3.63) is 41.3 Å². The number of ether oxygens (including phenoxy) is 3. The molecule has 7 heteroatoms. The average molecular weight is 380 g/mol. The van der Waals surface area contributed by atoms with Gasteiger partial charge in [-0.3, -0.25) is 9.59 Å². The smallest absolute Gasteiger partial charge is 0.312 e. The van der Waals surface area contributed by atoms with Gasteiger partial charge in [-0.2, -0.15) is 0 Å². The number of rotatable bonds is 7. The molecule has 0 aromatic heterocycles. The predicted octanol–water partition coefficient (Wildman–Crippen LogP) is 2.46. The molecular weight excluding hydrogens is 356 g/mol. The summed E-state index contributed by atoms with van der Waals surface area (Å²) in [6, 6.07) is 8.96. The Labute approximate surface area is 156 Å². The Kier molecular flexibility index (Phi) is 7.53. The van der Waals surface area contributed by atoms with Crippen molar-refractivity contribution in [3.63, 3.8) is 0 Å². The van der Waals surface area contributed by atoms with Crippen LogP contribution in [-0.4, -0.2) is 42.6 Å². The summed E-state index contributed by atoms with van der Waals surface area (Å²) in [4.78, 5) is 26.1. The molecule has 0 saturated carbocycles. The lowest BCUT2D eigenvalue weighted by atomic mass is 9.80. The lowest BCUT2D eigenvalue weighted by Gasteiger charge is -2.33. The summed E-state index contributed by atoms with van der Waals surface area (Å²) < 4.78 is 28.6. The number of carbonyl (C=O) groups excluding carboxylic acids is 2. The van der Waals surface area contributed by atoms with E-state index in [-0.39, 0.29) is 19.6 Å². The molecule has 2 rings (SSSR count). The number of hydrogen-bond donors (Lipinski definition) is 0. The normalized spacial score (nSPS) is 23.7. The van der Waals surface area contributed by atoms with Gasteiger partial charge in [0, 0.05) is 16.9 Å². The van der Waals surface area contributed by atoms with Gasteiger partial charge in [-0.25, -0.2) is 4.21 Å². The molecule has 1 unspecified atom stereocenters. The van der Waals surface area contributed by atoms with E-state index in [1.54, 1.807) is 44.2 Å². The second-order valence-corrected chi connectivity index (χ2v) is 7.29. The maximum absolute atomic E-state index is 12.9. The van der Waals surface area contributed by atoms with Crippen molar-refractivity contribution in [2.45, 2.75) is 31.3 Å². The summed E-state index contributed by atoms with van der Waals surface area (Å²) in [5.74, 6) is -2.65. The lowest BCUT2D eigenvalue weighted by molar-refractivity contribution is -0.165. The summed E-state index contributed by atoms with van der Waals surface area (Å²) in [7, 11) is 0.00439. The molecular formula is C19H24O6S. The fraction of sp³-hybridized carbons (Fsp3) is 0.474. The molecule has 6 nitrogen and oxygen atoms in total. The van der Waals surface area contributed by atoms with E-state index in [0.29, 0.717) is 9.80 Å². The first-order chi connectivity index (χ1) is 12.5. The van der Waals surface area contributed by atoms with Gasteiger partial charge in [0.25, 0.3) is 0 Å². The minimum absolute atomic E-state index is 0.156. The van der Waals surface area contributed by atoms with E-state index in [2.05, 4.69) is 0 Å². The standard InChI is InChI=1S/C19H24O6S/c1-4-24-18(20)15-11-14(26(22)13-9-7-6-8-10-13)12-16(23-3)17(15)19(21)25-5-2/h6-10,12,15-17H,4-5,11H2,1-3H3/t15-,16+,17+,26?/m0/s1. The molecule has 0 saturated heterocycles. The zero-order chi connectivity index (χ0) is 19.1. The third-order valence-corrected chi connectivity index (χ3v) is 5.65. The number of methoxy groups -OCH3 is 1. The number of esters is 2. The highest BCUT2D eigenvalue weighted by Crippen LogP contribution is 2.36. The van der Waals surface area contributed by atoms with Gasteiger partial charge in [-0.15, -0.1) is 0 Å². The van der Waals surface area contributed by atoms with Crippen molar-refractivity contribution in [1.29, 1.82) is 0 Å². The molecule has 0 radical (unpaired) electrons. The molecule has 4 atom stereocenters. The topological polar surface area (TPSA) is 78.9 Å². The van der Waals surface area contributed by atoms with E-state index in [1.807, 2.05) is 6.07 Å². The van der Waals surface area contributed by atoms with Crippen molar-refractivity contribution in [2.75, 3.05) is 20.3 Å². The fourth-order valence-electron chi connectivity index (χ4n) is 2.99. The Balaban J connectivity index is 2.38. The Morgan fingerprint density at radius 2 is 1.69 bits per heavy atom. The maximum Gasteiger partial charge on any atom is 0.312 e. The van der Waals surface area contributed by atoms with Crippen LogP contribution < -0.4 is 0 Å². The minimum atomic E-state index is -1.44. The largest absolute Gasteiger partial charge is 0.466 e. The quantitative estimate of drug-likeness (QED) is 0.676. The third kappa shape index (κ3) is 4.59. The van der Waals surface area contributed by atoms with Crippen molar-refractivity contribution in [3.8, 4) is 0 Å². The van der Waals surface area contributed by atoms with Gasteiger partial charge in [0.15, 0.2) is 0 Å². The van der Waals surface area contributed by atoms with Gasteiger partial charge >= 0.3 is 11.9 Å². The number of allylic oxidation sites excluding steroid dienone is 1. The first-order valence-corrected chi connectivity index (χ1v) is 9.72. The molecule has 142 valence electrons. The van der Waals surface area contributed by atoms with Crippen LogP contribution in [0.4, 0.5) is 0 Å². The molecule has 1 aromatic carbocycles. The van der Waals surface area contributed by atoms with Crippen LogP contribution in [0.5, 0.6) is 0 Å². The van der Waals surface area contributed by atoms with Gasteiger partial charge in [-0.1, -0.05) is 18.2 Å². The highest BCUT2D eigenvalue weighted by atomic mass is 32.2. The highest BCUT2D eigenvalue weighted by molar-refractivity contribution is 7.89. The molecule has 0 N–H and O–H groups in total. The third-order valence-electron chi connectivity index (χ3n) is 4.17. The van der Waals surface area contributed by atoms with Crippen molar-refractivity contribution in [2.24, 2.45) is 11.8 Å². The van der Waals surface area contributed by atoms with E-state index in [4.69, 9.17) is 14.2 Å². The number of carbonyl (C=O) groups is 2. The van der Waals surface area contributed by atoms with E-state index >= 15 is 0 Å². The molecule has 26 heavy (non-hydrogen) atoms. The Morgan fingerprint density at radius 3 is 2.27 bits per heavy atom. The monoisotopic (exact) mass is 380 g/mol. The van der Waals surface area contributed by atoms with E-state index in [0.717, 1.165) is 0 Å². The summed E-state index contributed by atoms with van der Waals surface area (Å²) in [5.41, 5.74) is 0. The van der Waals surface area contributed by atoms with E-state index in [9.17, 15) is 13.8 Å². The zero-order valence-electron chi connectivity index (χ0n) is 15.2. The molecule has 1 aliphatic rings. The highest BCUT2D eigenvalue weighted by Gasteiger charge is 2.45.